The van der Waals surface area contributed by atoms with Gasteiger partial charge in [-0.15, -0.1) is 0 Å². The summed E-state index contributed by atoms with van der Waals surface area (Å²) in [5, 5.41) is 2.28. The Balaban J connectivity index is 2.39. The molecule has 0 atom stereocenters. The van der Waals surface area contributed by atoms with Crippen molar-refractivity contribution in [3.63, 3.8) is 0 Å². The van der Waals surface area contributed by atoms with Crippen molar-refractivity contribution in [1.29, 1.82) is 0 Å². The third-order valence-electron chi connectivity index (χ3n) is 1.60. The molecular formula is C10H11NO2S. The highest BCUT2D eigenvalue weighted by atomic mass is 32.1. The predicted octanol–water partition coefficient (Wildman–Crippen LogP) is 2.18. The first-order valence-electron chi connectivity index (χ1n) is 4.17. The maximum Gasteiger partial charge on any atom is 0.119 e. The number of ether oxygens (including phenoxy) is 2. The van der Waals surface area contributed by atoms with E-state index in [0.29, 0.717) is 13.2 Å². The van der Waals surface area contributed by atoms with E-state index >= 15 is 0 Å². The first-order valence-corrected chi connectivity index (χ1v) is 4.58. The van der Waals surface area contributed by atoms with Crippen LogP contribution in [0.1, 0.15) is 0 Å². The van der Waals surface area contributed by atoms with Gasteiger partial charge in [0.05, 0.1) is 18.8 Å². The van der Waals surface area contributed by atoms with Crippen molar-refractivity contribution in [1.82, 2.24) is 0 Å². The van der Waals surface area contributed by atoms with Crippen LogP contribution in [0.25, 0.3) is 0 Å². The predicted molar refractivity (Wildman–Crippen MR) is 58.4 cm³/mol. The largest absolute Gasteiger partial charge is 0.497 e. The van der Waals surface area contributed by atoms with Crippen LogP contribution in [0.2, 0.25) is 0 Å². The minimum absolute atomic E-state index is 0.510. The first-order chi connectivity index (χ1) is 6.86. The van der Waals surface area contributed by atoms with Crippen molar-refractivity contribution in [3.8, 4) is 11.5 Å². The van der Waals surface area contributed by atoms with E-state index in [1.807, 2.05) is 24.3 Å². The Morgan fingerprint density at radius 2 is 1.93 bits per heavy atom. The summed E-state index contributed by atoms with van der Waals surface area (Å²) in [4.78, 5) is 3.74. The van der Waals surface area contributed by atoms with E-state index in [4.69, 9.17) is 9.47 Å². The van der Waals surface area contributed by atoms with E-state index in [2.05, 4.69) is 22.4 Å². The molecule has 0 heterocycles. The van der Waals surface area contributed by atoms with Gasteiger partial charge in [-0.3, -0.25) is 0 Å². The molecule has 0 amide bonds. The molecule has 0 aromatic heterocycles. The highest BCUT2D eigenvalue weighted by Gasteiger charge is 1.93. The summed E-state index contributed by atoms with van der Waals surface area (Å²) in [6.07, 6.45) is 0. The first kappa shape index (κ1) is 10.7. The third-order valence-corrected chi connectivity index (χ3v) is 1.72. The summed E-state index contributed by atoms with van der Waals surface area (Å²) < 4.78 is 10.4. The number of benzene rings is 1. The van der Waals surface area contributed by atoms with Crippen LogP contribution in [0, 0.1) is 0 Å². The van der Waals surface area contributed by atoms with Gasteiger partial charge in [0.15, 0.2) is 0 Å². The molecule has 0 fully saturated rings. The molecule has 4 heteroatoms. The van der Waals surface area contributed by atoms with Gasteiger partial charge in [-0.2, -0.15) is 0 Å². The average Bonchev–Trinajstić information content (AvgIpc) is 2.25. The molecule has 1 aromatic carbocycles. The number of nitrogens with zero attached hydrogens (tertiary/aromatic N) is 1. The van der Waals surface area contributed by atoms with E-state index in [1.165, 1.54) is 0 Å². The van der Waals surface area contributed by atoms with Crippen LogP contribution in [0.4, 0.5) is 0 Å². The van der Waals surface area contributed by atoms with Gasteiger partial charge in [0.2, 0.25) is 0 Å². The molecule has 0 saturated heterocycles. The summed E-state index contributed by atoms with van der Waals surface area (Å²) in [5.74, 6) is 1.61. The van der Waals surface area contributed by atoms with E-state index < -0.39 is 0 Å². The van der Waals surface area contributed by atoms with Gasteiger partial charge in [0, 0.05) is 0 Å². The molecule has 3 nitrogen and oxygen atoms in total. The lowest BCUT2D eigenvalue weighted by Crippen LogP contribution is -2.00. The van der Waals surface area contributed by atoms with Gasteiger partial charge in [0.1, 0.15) is 18.1 Å². The Kier molecular flexibility index (Phi) is 4.69. The summed E-state index contributed by atoms with van der Waals surface area (Å²) in [7, 11) is 1.63. The third kappa shape index (κ3) is 3.56. The number of hydrogen-bond acceptors (Lipinski definition) is 4. The fourth-order valence-electron chi connectivity index (χ4n) is 0.927. The van der Waals surface area contributed by atoms with Gasteiger partial charge in [-0.25, -0.2) is 4.99 Å². The fourth-order valence-corrected chi connectivity index (χ4v) is 1.02. The molecule has 0 bridgehead atoms. The van der Waals surface area contributed by atoms with Gasteiger partial charge >= 0.3 is 0 Å². The Morgan fingerprint density at radius 3 is 2.50 bits per heavy atom. The second-order valence-electron chi connectivity index (χ2n) is 2.50. The van der Waals surface area contributed by atoms with Crippen molar-refractivity contribution in [2.24, 2.45) is 4.99 Å². The van der Waals surface area contributed by atoms with Gasteiger partial charge < -0.3 is 9.47 Å². The van der Waals surface area contributed by atoms with Gasteiger partial charge in [0.25, 0.3) is 0 Å². The Labute approximate surface area is 88.4 Å². The fraction of sp³-hybridized carbons (Fsp3) is 0.300. The maximum atomic E-state index is 5.37. The summed E-state index contributed by atoms with van der Waals surface area (Å²) in [5.41, 5.74) is 0. The molecule has 0 saturated carbocycles. The number of methoxy groups -OCH3 is 1. The standard InChI is InChI=1S/C10H11NO2S/c1-12-9-2-4-10(5-3-9)13-7-6-11-8-14/h2-5H,6-7H2,1H3. The molecule has 0 aliphatic rings. The Morgan fingerprint density at radius 1 is 1.29 bits per heavy atom. The van der Waals surface area contributed by atoms with Crippen LogP contribution < -0.4 is 9.47 Å². The minimum Gasteiger partial charge on any atom is -0.497 e. The lowest BCUT2D eigenvalue weighted by Gasteiger charge is -2.04. The Bertz CT molecular complexity index is 317. The van der Waals surface area contributed by atoms with E-state index in [-0.39, 0.29) is 0 Å². The van der Waals surface area contributed by atoms with E-state index in [9.17, 15) is 0 Å². The molecule has 0 unspecified atom stereocenters. The average molecular weight is 209 g/mol. The molecule has 0 aliphatic heterocycles. The zero-order valence-corrected chi connectivity index (χ0v) is 8.71. The zero-order valence-electron chi connectivity index (χ0n) is 7.90. The van der Waals surface area contributed by atoms with Crippen molar-refractivity contribution in [3.05, 3.63) is 24.3 Å². The highest BCUT2D eigenvalue weighted by molar-refractivity contribution is 7.78. The van der Waals surface area contributed by atoms with E-state index in [0.717, 1.165) is 11.5 Å². The van der Waals surface area contributed by atoms with Gasteiger partial charge in [-0.05, 0) is 36.5 Å². The van der Waals surface area contributed by atoms with Crippen molar-refractivity contribution >= 4 is 17.4 Å². The van der Waals surface area contributed by atoms with Crippen LogP contribution in [-0.2, 0) is 0 Å². The number of rotatable bonds is 5. The highest BCUT2D eigenvalue weighted by Crippen LogP contribution is 2.16. The van der Waals surface area contributed by atoms with E-state index in [1.54, 1.807) is 7.11 Å². The van der Waals surface area contributed by atoms with Crippen LogP contribution >= 0.6 is 12.2 Å². The second kappa shape index (κ2) is 6.13. The molecular weight excluding hydrogens is 198 g/mol. The molecule has 0 spiro atoms. The monoisotopic (exact) mass is 209 g/mol. The smallest absolute Gasteiger partial charge is 0.119 e. The quantitative estimate of drug-likeness (QED) is 0.423. The molecule has 1 aromatic rings. The number of aliphatic imine (C=N–C) groups is 1. The molecule has 1 rings (SSSR count). The summed E-state index contributed by atoms with van der Waals surface area (Å²) in [6, 6.07) is 7.38. The van der Waals surface area contributed by atoms with Crippen molar-refractivity contribution in [2.75, 3.05) is 20.3 Å². The molecule has 14 heavy (non-hydrogen) atoms. The topological polar surface area (TPSA) is 30.8 Å². The molecule has 0 aliphatic carbocycles. The lowest BCUT2D eigenvalue weighted by atomic mass is 10.3. The Hall–Kier alpha value is -1.38. The minimum atomic E-state index is 0.510. The SMILES string of the molecule is COc1ccc(OCCN=C=S)cc1. The van der Waals surface area contributed by atoms with Crippen LogP contribution in [0.15, 0.2) is 29.3 Å². The number of isothiocyanates is 1. The van der Waals surface area contributed by atoms with Crippen LogP contribution in [0.5, 0.6) is 11.5 Å². The second-order valence-corrected chi connectivity index (χ2v) is 2.68. The summed E-state index contributed by atoms with van der Waals surface area (Å²) >= 11 is 4.43. The van der Waals surface area contributed by atoms with Crippen LogP contribution in [0.3, 0.4) is 0 Å². The van der Waals surface area contributed by atoms with Crippen molar-refractivity contribution < 1.29 is 9.47 Å². The van der Waals surface area contributed by atoms with Gasteiger partial charge in [-0.1, -0.05) is 0 Å². The molecule has 0 N–H and O–H groups in total. The molecule has 74 valence electrons. The summed E-state index contributed by atoms with van der Waals surface area (Å²) in [6.45, 7) is 1.05. The van der Waals surface area contributed by atoms with Crippen LogP contribution in [-0.4, -0.2) is 25.4 Å². The number of hydrogen-bond donors (Lipinski definition) is 0. The number of thiocarbonyl (C=S) groups is 1. The normalized spacial score (nSPS) is 8.93. The van der Waals surface area contributed by atoms with Crippen molar-refractivity contribution in [2.45, 2.75) is 0 Å². The molecule has 0 radical (unpaired) electrons. The zero-order chi connectivity index (χ0) is 10.2. The maximum absolute atomic E-state index is 5.37. The lowest BCUT2D eigenvalue weighted by molar-refractivity contribution is 0.328.